The number of hydrogen-bond acceptors (Lipinski definition) is 4. The fraction of sp³-hybridized carbons (Fsp3) is 0. The number of rotatable bonds is 5. The van der Waals surface area contributed by atoms with Gasteiger partial charge in [0.1, 0.15) is 0 Å². The Kier molecular flexibility index (Phi) is 6.32. The molecular formula is C39H25N3S. The van der Waals surface area contributed by atoms with Crippen molar-refractivity contribution in [3.63, 3.8) is 0 Å². The molecule has 202 valence electrons. The molecule has 2 aromatic heterocycles. The van der Waals surface area contributed by atoms with Gasteiger partial charge in [0, 0.05) is 36.9 Å². The minimum Gasteiger partial charge on any atom is -0.208 e. The number of aromatic nitrogens is 3. The molecule has 6 aromatic carbocycles. The Labute approximate surface area is 253 Å². The molecule has 8 aromatic rings. The van der Waals surface area contributed by atoms with E-state index in [9.17, 15) is 0 Å². The zero-order valence-corrected chi connectivity index (χ0v) is 24.0. The Bertz CT molecular complexity index is 2170. The first-order chi connectivity index (χ1) is 21.3. The molecule has 0 radical (unpaired) electrons. The number of thiophene rings is 1. The molecule has 2 heterocycles. The Morgan fingerprint density at radius 3 is 1.26 bits per heavy atom. The number of hydrogen-bond donors (Lipinski definition) is 0. The van der Waals surface area contributed by atoms with E-state index in [1.165, 1.54) is 36.9 Å². The third kappa shape index (κ3) is 4.68. The Balaban J connectivity index is 1.29. The fourth-order valence-electron chi connectivity index (χ4n) is 5.66. The summed E-state index contributed by atoms with van der Waals surface area (Å²) in [6.45, 7) is 0. The van der Waals surface area contributed by atoms with Crippen molar-refractivity contribution in [1.82, 2.24) is 15.0 Å². The van der Waals surface area contributed by atoms with Crippen LogP contribution >= 0.6 is 11.3 Å². The SMILES string of the molecule is c1ccc(-c2nc(-c3ccccc3)nc(-c3cccc(-c4cccc5c4sc4c(-c6ccccc6)cccc45)c3)n2)cc1. The number of fused-ring (bicyclic) bond motifs is 3. The van der Waals surface area contributed by atoms with Gasteiger partial charge < -0.3 is 0 Å². The topological polar surface area (TPSA) is 38.7 Å². The normalized spacial score (nSPS) is 11.3. The van der Waals surface area contributed by atoms with Crippen LogP contribution in [0.2, 0.25) is 0 Å². The lowest BCUT2D eigenvalue weighted by atomic mass is 9.99. The van der Waals surface area contributed by atoms with Crippen LogP contribution in [0.5, 0.6) is 0 Å². The van der Waals surface area contributed by atoms with Crippen molar-refractivity contribution in [2.75, 3.05) is 0 Å². The van der Waals surface area contributed by atoms with Crippen LogP contribution in [0, 0.1) is 0 Å². The van der Waals surface area contributed by atoms with Crippen LogP contribution in [0.4, 0.5) is 0 Å². The largest absolute Gasteiger partial charge is 0.208 e. The van der Waals surface area contributed by atoms with Crippen molar-refractivity contribution >= 4 is 31.5 Å². The lowest BCUT2D eigenvalue weighted by molar-refractivity contribution is 1.07. The van der Waals surface area contributed by atoms with Gasteiger partial charge in [-0.3, -0.25) is 0 Å². The Hall–Kier alpha value is -5.45. The van der Waals surface area contributed by atoms with E-state index >= 15 is 0 Å². The van der Waals surface area contributed by atoms with E-state index in [4.69, 9.17) is 15.0 Å². The van der Waals surface area contributed by atoms with Crippen molar-refractivity contribution in [2.45, 2.75) is 0 Å². The molecule has 8 rings (SSSR count). The van der Waals surface area contributed by atoms with E-state index in [0.717, 1.165) is 22.3 Å². The lowest BCUT2D eigenvalue weighted by Gasteiger charge is -2.10. The van der Waals surface area contributed by atoms with Crippen molar-refractivity contribution in [2.24, 2.45) is 0 Å². The highest BCUT2D eigenvalue weighted by molar-refractivity contribution is 7.26. The molecule has 0 unspecified atom stereocenters. The van der Waals surface area contributed by atoms with Gasteiger partial charge in [-0.15, -0.1) is 11.3 Å². The smallest absolute Gasteiger partial charge is 0.164 e. The summed E-state index contributed by atoms with van der Waals surface area (Å²) in [5.74, 6) is 1.98. The molecule has 43 heavy (non-hydrogen) atoms. The van der Waals surface area contributed by atoms with Crippen molar-refractivity contribution in [3.8, 4) is 56.4 Å². The fourth-order valence-corrected chi connectivity index (χ4v) is 7.03. The molecule has 0 N–H and O–H groups in total. The lowest BCUT2D eigenvalue weighted by Crippen LogP contribution is -2.00. The average Bonchev–Trinajstić information content (AvgIpc) is 3.48. The summed E-state index contributed by atoms with van der Waals surface area (Å²) >= 11 is 1.86. The highest BCUT2D eigenvalue weighted by Crippen LogP contribution is 2.44. The molecule has 0 bridgehead atoms. The highest BCUT2D eigenvalue weighted by Gasteiger charge is 2.16. The molecule has 0 aliphatic rings. The van der Waals surface area contributed by atoms with Crippen LogP contribution in [0.15, 0.2) is 152 Å². The van der Waals surface area contributed by atoms with E-state index in [-0.39, 0.29) is 0 Å². The van der Waals surface area contributed by atoms with Gasteiger partial charge >= 0.3 is 0 Å². The van der Waals surface area contributed by atoms with E-state index in [1.54, 1.807) is 0 Å². The second-order valence-corrected chi connectivity index (χ2v) is 11.5. The maximum atomic E-state index is 4.96. The third-order valence-corrected chi connectivity index (χ3v) is 9.03. The molecule has 4 heteroatoms. The van der Waals surface area contributed by atoms with Crippen LogP contribution < -0.4 is 0 Å². The van der Waals surface area contributed by atoms with Crippen LogP contribution in [0.25, 0.3) is 76.6 Å². The first kappa shape index (κ1) is 25.3. The maximum absolute atomic E-state index is 4.96. The zero-order valence-electron chi connectivity index (χ0n) is 23.2. The van der Waals surface area contributed by atoms with Gasteiger partial charge in [-0.25, -0.2) is 15.0 Å². The first-order valence-corrected chi connectivity index (χ1v) is 15.1. The first-order valence-electron chi connectivity index (χ1n) is 14.3. The summed E-state index contributed by atoms with van der Waals surface area (Å²) in [4.78, 5) is 14.8. The molecule has 0 spiro atoms. The highest BCUT2D eigenvalue weighted by atomic mass is 32.1. The Morgan fingerprint density at radius 1 is 0.326 bits per heavy atom. The summed E-state index contributed by atoms with van der Waals surface area (Å²) in [6, 6.07) is 52.7. The van der Waals surface area contributed by atoms with Gasteiger partial charge in [-0.1, -0.05) is 146 Å². The maximum Gasteiger partial charge on any atom is 0.164 e. The number of nitrogens with zero attached hydrogens (tertiary/aromatic N) is 3. The predicted molar refractivity (Wildman–Crippen MR) is 180 cm³/mol. The van der Waals surface area contributed by atoms with E-state index < -0.39 is 0 Å². The van der Waals surface area contributed by atoms with Gasteiger partial charge in [-0.05, 0) is 28.3 Å². The molecule has 0 aliphatic carbocycles. The minimum atomic E-state index is 0.657. The quantitative estimate of drug-likeness (QED) is 0.208. The second kappa shape index (κ2) is 10.8. The van der Waals surface area contributed by atoms with Gasteiger partial charge in [-0.2, -0.15) is 0 Å². The molecule has 0 aliphatic heterocycles. The summed E-state index contributed by atoms with van der Waals surface area (Å²) in [6.07, 6.45) is 0. The molecule has 0 fully saturated rings. The second-order valence-electron chi connectivity index (χ2n) is 10.5. The van der Waals surface area contributed by atoms with E-state index in [2.05, 4.69) is 91.0 Å². The third-order valence-electron chi connectivity index (χ3n) is 7.74. The molecule has 3 nitrogen and oxygen atoms in total. The minimum absolute atomic E-state index is 0.657. The summed E-state index contributed by atoms with van der Waals surface area (Å²) < 4.78 is 2.59. The average molecular weight is 568 g/mol. The summed E-state index contributed by atoms with van der Waals surface area (Å²) in [5, 5.41) is 2.57. The monoisotopic (exact) mass is 567 g/mol. The van der Waals surface area contributed by atoms with Gasteiger partial charge in [0.25, 0.3) is 0 Å². The van der Waals surface area contributed by atoms with Crippen molar-refractivity contribution in [1.29, 1.82) is 0 Å². The summed E-state index contributed by atoms with van der Waals surface area (Å²) in [7, 11) is 0. The molecule has 0 amide bonds. The molecule has 0 saturated heterocycles. The Morgan fingerprint density at radius 2 is 0.721 bits per heavy atom. The van der Waals surface area contributed by atoms with Crippen LogP contribution in [0.3, 0.4) is 0 Å². The zero-order chi connectivity index (χ0) is 28.6. The van der Waals surface area contributed by atoms with Gasteiger partial charge in [0.05, 0.1) is 0 Å². The summed E-state index contributed by atoms with van der Waals surface area (Å²) in [5.41, 5.74) is 7.73. The molecule has 0 atom stereocenters. The van der Waals surface area contributed by atoms with E-state index in [0.29, 0.717) is 17.5 Å². The van der Waals surface area contributed by atoms with E-state index in [1.807, 2.05) is 72.0 Å². The van der Waals surface area contributed by atoms with Crippen molar-refractivity contribution in [3.05, 3.63) is 152 Å². The van der Waals surface area contributed by atoms with Gasteiger partial charge in [0.15, 0.2) is 17.5 Å². The van der Waals surface area contributed by atoms with Crippen LogP contribution in [-0.2, 0) is 0 Å². The predicted octanol–water partition coefficient (Wildman–Crippen LogP) is 10.6. The van der Waals surface area contributed by atoms with Crippen LogP contribution in [0.1, 0.15) is 0 Å². The molecular weight excluding hydrogens is 543 g/mol. The molecule has 0 saturated carbocycles. The van der Waals surface area contributed by atoms with Crippen LogP contribution in [-0.4, -0.2) is 15.0 Å². The number of benzene rings is 6. The standard InChI is InChI=1S/C39H25N3S/c1-4-13-26(14-5-1)31-21-11-23-33-34-24-12-22-32(36(34)43-35(31)33)29-19-10-20-30(25-29)39-41-37(27-15-6-2-7-16-27)40-38(42-39)28-17-8-3-9-18-28/h1-25H. The van der Waals surface area contributed by atoms with Crippen molar-refractivity contribution < 1.29 is 0 Å². The van der Waals surface area contributed by atoms with Gasteiger partial charge in [0.2, 0.25) is 0 Å².